The van der Waals surface area contributed by atoms with E-state index in [0.717, 1.165) is 17.4 Å². The van der Waals surface area contributed by atoms with Crippen molar-refractivity contribution in [1.82, 2.24) is 14.6 Å². The van der Waals surface area contributed by atoms with Crippen LogP contribution in [0.3, 0.4) is 0 Å². The van der Waals surface area contributed by atoms with Crippen molar-refractivity contribution in [3.05, 3.63) is 36.4 Å². The van der Waals surface area contributed by atoms with E-state index in [-0.39, 0.29) is 11.1 Å². The lowest BCUT2D eigenvalue weighted by Gasteiger charge is -2.20. The van der Waals surface area contributed by atoms with Crippen molar-refractivity contribution < 1.29 is 13.6 Å². The van der Waals surface area contributed by atoms with Crippen molar-refractivity contribution in [3.8, 4) is 11.3 Å². The summed E-state index contributed by atoms with van der Waals surface area (Å²) in [4.78, 5) is 17.8. The lowest BCUT2D eigenvalue weighted by molar-refractivity contribution is -0.123. The minimum atomic E-state index is -2.98. The largest absolute Gasteiger partial charge is 0.325 e. The quantitative estimate of drug-likeness (QED) is 0.512. The van der Waals surface area contributed by atoms with Gasteiger partial charge in [0.25, 0.3) is 5.25 Å². The molecule has 1 amide bonds. The van der Waals surface area contributed by atoms with Gasteiger partial charge >= 0.3 is 0 Å². The maximum atomic E-state index is 13.4. The third-order valence-electron chi connectivity index (χ3n) is 4.04. The number of carbonyl (C=O) groups excluding carboxylic acids is 1. The monoisotopic (exact) mass is 436 g/mol. The van der Waals surface area contributed by atoms with Gasteiger partial charge in [-0.1, -0.05) is 26.8 Å². The fourth-order valence-corrected chi connectivity index (χ4v) is 3.60. The highest BCUT2D eigenvalue weighted by molar-refractivity contribution is 8.00. The van der Waals surface area contributed by atoms with Crippen LogP contribution in [0.2, 0.25) is 0 Å². The first-order valence-electron chi connectivity index (χ1n) is 8.90. The highest BCUT2D eigenvalue weighted by Crippen LogP contribution is 2.36. The zero-order chi connectivity index (χ0) is 21.4. The molecule has 0 saturated carbocycles. The highest BCUT2D eigenvalue weighted by atomic mass is 32.2. The Kier molecular flexibility index (Phi) is 5.91. The summed E-state index contributed by atoms with van der Waals surface area (Å²) in [6, 6.07) is 11.0. The third-order valence-corrected chi connectivity index (χ3v) is 5.48. The summed E-state index contributed by atoms with van der Waals surface area (Å²) >= 11 is 1.87. The van der Waals surface area contributed by atoms with E-state index in [4.69, 9.17) is 0 Å². The summed E-state index contributed by atoms with van der Waals surface area (Å²) in [5.41, 5.74) is 1.91. The zero-order valence-electron chi connectivity index (χ0n) is 16.8. The molecule has 5 nitrogen and oxygen atoms in total. The first-order valence-corrected chi connectivity index (χ1v) is 10.9. The summed E-state index contributed by atoms with van der Waals surface area (Å²) in [5, 5.41) is 4.26. The number of hydrogen-bond acceptors (Lipinski definition) is 5. The Morgan fingerprint density at radius 3 is 2.48 bits per heavy atom. The molecule has 0 radical (unpaired) electrons. The van der Waals surface area contributed by atoms with Gasteiger partial charge in [0, 0.05) is 22.8 Å². The van der Waals surface area contributed by atoms with Gasteiger partial charge in [0.05, 0.1) is 11.4 Å². The minimum Gasteiger partial charge on any atom is -0.325 e. The Balaban J connectivity index is 2.13. The van der Waals surface area contributed by atoms with Crippen molar-refractivity contribution in [2.75, 3.05) is 11.6 Å². The first kappa shape index (κ1) is 21.6. The van der Waals surface area contributed by atoms with Gasteiger partial charge in [-0.15, -0.1) is 16.9 Å². The van der Waals surface area contributed by atoms with Crippen LogP contribution in [0.1, 0.15) is 27.7 Å². The molecule has 0 aliphatic heterocycles. The third kappa shape index (κ3) is 5.08. The molecule has 0 atom stereocenters. The molecular formula is C20H22F2N4OS2. The standard InChI is InChI=1S/C20H22F2N4OS2/c1-19(2,3)17(27)23-14-10-9-12(28-5)11-13(14)15-7-6-8-16-24-18(25-26(15)16)29-20(4,21)22/h6-11H,1-5H3,(H,23,27). The fourth-order valence-electron chi connectivity index (χ4n) is 2.57. The molecule has 0 fully saturated rings. The van der Waals surface area contributed by atoms with E-state index >= 15 is 0 Å². The maximum absolute atomic E-state index is 13.4. The summed E-state index contributed by atoms with van der Waals surface area (Å²) in [7, 11) is 0. The summed E-state index contributed by atoms with van der Waals surface area (Å²) < 4.78 is 28.3. The predicted molar refractivity (Wildman–Crippen MR) is 115 cm³/mol. The van der Waals surface area contributed by atoms with Gasteiger partial charge in [-0.25, -0.2) is 9.50 Å². The molecule has 0 saturated heterocycles. The van der Waals surface area contributed by atoms with Crippen LogP contribution in [-0.4, -0.2) is 32.0 Å². The normalized spacial score (nSPS) is 12.4. The number of thioether (sulfide) groups is 2. The molecule has 3 rings (SSSR count). The maximum Gasteiger partial charge on any atom is 0.298 e. The van der Waals surface area contributed by atoms with Gasteiger partial charge in [-0.05, 0) is 48.3 Å². The van der Waals surface area contributed by atoms with E-state index in [2.05, 4.69) is 15.4 Å². The number of hydrogen-bond donors (Lipinski definition) is 1. The molecule has 1 N–H and O–H groups in total. The second-order valence-electron chi connectivity index (χ2n) is 7.60. The van der Waals surface area contributed by atoms with Crippen molar-refractivity contribution >= 4 is 40.8 Å². The molecule has 2 heterocycles. The van der Waals surface area contributed by atoms with Crippen LogP contribution in [0.4, 0.5) is 14.5 Å². The van der Waals surface area contributed by atoms with Crippen LogP contribution >= 0.6 is 23.5 Å². The Morgan fingerprint density at radius 2 is 1.86 bits per heavy atom. The molecule has 29 heavy (non-hydrogen) atoms. The Labute approximate surface area is 176 Å². The Hall–Kier alpha value is -2.13. The number of halogens is 2. The molecule has 154 valence electrons. The van der Waals surface area contributed by atoms with Gasteiger partial charge in [-0.3, -0.25) is 4.79 Å². The molecule has 0 bridgehead atoms. The summed E-state index contributed by atoms with van der Waals surface area (Å²) in [6.45, 7) is 6.33. The number of pyridine rings is 1. The van der Waals surface area contributed by atoms with Crippen LogP contribution in [0.15, 0.2) is 46.5 Å². The molecule has 0 aliphatic rings. The molecule has 9 heteroatoms. The number of fused-ring (bicyclic) bond motifs is 1. The second kappa shape index (κ2) is 7.95. The summed E-state index contributed by atoms with van der Waals surface area (Å²) in [6.07, 6.45) is 1.96. The highest BCUT2D eigenvalue weighted by Gasteiger charge is 2.26. The molecule has 0 spiro atoms. The van der Waals surface area contributed by atoms with Crippen molar-refractivity contribution in [2.24, 2.45) is 5.41 Å². The zero-order valence-corrected chi connectivity index (χ0v) is 18.4. The summed E-state index contributed by atoms with van der Waals surface area (Å²) in [5.74, 6) is -0.122. The number of alkyl halides is 2. The number of nitrogens with one attached hydrogen (secondary N) is 1. The topological polar surface area (TPSA) is 59.3 Å². The molecule has 0 aliphatic carbocycles. The van der Waals surface area contributed by atoms with Gasteiger partial charge < -0.3 is 5.32 Å². The van der Waals surface area contributed by atoms with Gasteiger partial charge in [-0.2, -0.15) is 8.78 Å². The van der Waals surface area contributed by atoms with E-state index in [1.54, 1.807) is 23.9 Å². The number of amides is 1. The lowest BCUT2D eigenvalue weighted by atomic mass is 9.95. The van der Waals surface area contributed by atoms with Gasteiger partial charge in [0.2, 0.25) is 11.1 Å². The van der Waals surface area contributed by atoms with E-state index < -0.39 is 10.7 Å². The van der Waals surface area contributed by atoms with Crippen LogP contribution < -0.4 is 5.32 Å². The van der Waals surface area contributed by atoms with Crippen molar-refractivity contribution in [3.63, 3.8) is 0 Å². The van der Waals surface area contributed by atoms with Crippen LogP contribution in [0.5, 0.6) is 0 Å². The number of carbonyl (C=O) groups is 1. The number of benzene rings is 1. The molecule has 3 aromatic rings. The Morgan fingerprint density at radius 1 is 1.14 bits per heavy atom. The van der Waals surface area contributed by atoms with Crippen molar-refractivity contribution in [1.29, 1.82) is 0 Å². The second-order valence-corrected chi connectivity index (χ2v) is 9.77. The molecule has 1 aromatic carbocycles. The first-order chi connectivity index (χ1) is 13.5. The fraction of sp³-hybridized carbons (Fsp3) is 0.350. The van der Waals surface area contributed by atoms with Crippen LogP contribution in [0.25, 0.3) is 16.9 Å². The minimum absolute atomic E-state index is 0.00810. The average molecular weight is 437 g/mol. The number of aromatic nitrogens is 3. The molecular weight excluding hydrogens is 414 g/mol. The van der Waals surface area contributed by atoms with E-state index in [9.17, 15) is 13.6 Å². The van der Waals surface area contributed by atoms with E-state index in [0.29, 0.717) is 28.8 Å². The lowest BCUT2D eigenvalue weighted by Crippen LogP contribution is -2.27. The smallest absolute Gasteiger partial charge is 0.298 e. The number of nitrogens with zero attached hydrogens (tertiary/aromatic N) is 3. The average Bonchev–Trinajstić information content (AvgIpc) is 3.01. The van der Waals surface area contributed by atoms with Crippen molar-refractivity contribution in [2.45, 2.75) is 43.0 Å². The van der Waals surface area contributed by atoms with Crippen LogP contribution in [0, 0.1) is 5.41 Å². The number of rotatable bonds is 5. The SMILES string of the molecule is CSc1ccc(NC(=O)C(C)(C)C)c(-c2cccc3nc(SC(C)(F)F)nn23)c1. The Bertz CT molecular complexity index is 1050. The molecule has 2 aromatic heterocycles. The van der Waals surface area contributed by atoms with Gasteiger partial charge in [0.15, 0.2) is 5.65 Å². The molecule has 0 unspecified atom stereocenters. The van der Waals surface area contributed by atoms with E-state index in [1.807, 2.05) is 51.3 Å². The van der Waals surface area contributed by atoms with Gasteiger partial charge in [0.1, 0.15) is 0 Å². The van der Waals surface area contributed by atoms with Crippen LogP contribution in [-0.2, 0) is 4.79 Å². The number of anilines is 1. The van der Waals surface area contributed by atoms with E-state index in [1.165, 1.54) is 4.52 Å². The predicted octanol–water partition coefficient (Wildman–Crippen LogP) is 5.81.